The average Bonchev–Trinajstić information content (AvgIpc) is 2.27. The lowest BCUT2D eigenvalue weighted by Gasteiger charge is -2.09. The zero-order valence-corrected chi connectivity index (χ0v) is 9.70. The first-order valence-corrected chi connectivity index (χ1v) is 5.19. The highest BCUT2D eigenvalue weighted by Crippen LogP contribution is 2.15. The number of hydrogen-bond acceptors (Lipinski definition) is 3. The SMILES string of the molecule is Cc1nc(C=NC(C)(C)C)sc1C. The van der Waals surface area contributed by atoms with E-state index in [1.54, 1.807) is 11.3 Å². The third-order valence-corrected chi connectivity index (χ3v) is 2.61. The fourth-order valence-electron chi connectivity index (χ4n) is 0.802. The minimum Gasteiger partial charge on any atom is -0.284 e. The molecule has 1 rings (SSSR count). The van der Waals surface area contributed by atoms with Crippen molar-refractivity contribution < 1.29 is 0 Å². The van der Waals surface area contributed by atoms with Crippen LogP contribution in [0.5, 0.6) is 0 Å². The lowest BCUT2D eigenvalue weighted by Crippen LogP contribution is -2.09. The first kappa shape index (κ1) is 10.4. The van der Waals surface area contributed by atoms with Crippen LogP contribution >= 0.6 is 11.3 Å². The van der Waals surface area contributed by atoms with E-state index in [9.17, 15) is 0 Å². The van der Waals surface area contributed by atoms with Crippen LogP contribution in [0.4, 0.5) is 0 Å². The van der Waals surface area contributed by atoms with Crippen LogP contribution in [0.1, 0.15) is 36.3 Å². The maximum atomic E-state index is 4.40. The topological polar surface area (TPSA) is 25.2 Å². The fraction of sp³-hybridized carbons (Fsp3) is 0.600. The quantitative estimate of drug-likeness (QED) is 0.634. The Balaban J connectivity index is 2.81. The zero-order valence-electron chi connectivity index (χ0n) is 8.88. The van der Waals surface area contributed by atoms with E-state index in [0.717, 1.165) is 10.7 Å². The summed E-state index contributed by atoms with van der Waals surface area (Å²) in [6, 6.07) is 0. The van der Waals surface area contributed by atoms with E-state index in [4.69, 9.17) is 0 Å². The Morgan fingerprint density at radius 2 is 1.92 bits per heavy atom. The molecule has 13 heavy (non-hydrogen) atoms. The summed E-state index contributed by atoms with van der Waals surface area (Å²) in [5.41, 5.74) is 1.10. The minimum absolute atomic E-state index is 0.00647. The molecule has 0 aliphatic heterocycles. The Morgan fingerprint density at radius 1 is 1.31 bits per heavy atom. The minimum atomic E-state index is -0.00647. The van der Waals surface area contributed by atoms with Gasteiger partial charge in [-0.25, -0.2) is 4.98 Å². The number of aliphatic imine (C=N–C) groups is 1. The maximum Gasteiger partial charge on any atom is 0.134 e. The van der Waals surface area contributed by atoms with Crippen LogP contribution in [0.2, 0.25) is 0 Å². The van der Waals surface area contributed by atoms with Crippen LogP contribution in [-0.2, 0) is 0 Å². The number of hydrogen-bond donors (Lipinski definition) is 0. The standard InChI is InChI=1S/C10H16N2S/c1-7-8(2)13-9(12-7)6-11-10(3,4)5/h6H,1-5H3. The van der Waals surface area contributed by atoms with E-state index < -0.39 is 0 Å². The highest BCUT2D eigenvalue weighted by molar-refractivity contribution is 7.13. The number of thiazole rings is 1. The second-order valence-electron chi connectivity index (χ2n) is 4.12. The van der Waals surface area contributed by atoms with Crippen LogP contribution in [-0.4, -0.2) is 16.7 Å². The van der Waals surface area contributed by atoms with Gasteiger partial charge in [0.15, 0.2) is 0 Å². The van der Waals surface area contributed by atoms with Crippen LogP contribution in [0, 0.1) is 13.8 Å². The predicted molar refractivity (Wildman–Crippen MR) is 58.9 cm³/mol. The molecule has 0 saturated heterocycles. The summed E-state index contributed by atoms with van der Waals surface area (Å²) in [5.74, 6) is 0. The summed E-state index contributed by atoms with van der Waals surface area (Å²) < 4.78 is 0. The van der Waals surface area contributed by atoms with Crippen LogP contribution in [0.25, 0.3) is 0 Å². The molecule has 1 aromatic rings. The van der Waals surface area contributed by atoms with Gasteiger partial charge >= 0.3 is 0 Å². The molecule has 0 bridgehead atoms. The lowest BCUT2D eigenvalue weighted by molar-refractivity contribution is 0.586. The zero-order chi connectivity index (χ0) is 10.1. The number of aromatic nitrogens is 1. The summed E-state index contributed by atoms with van der Waals surface area (Å²) in [7, 11) is 0. The van der Waals surface area contributed by atoms with E-state index in [1.165, 1.54) is 4.88 Å². The van der Waals surface area contributed by atoms with E-state index in [0.29, 0.717) is 0 Å². The molecule has 0 aromatic carbocycles. The summed E-state index contributed by atoms with van der Waals surface area (Å²) in [6.07, 6.45) is 1.87. The van der Waals surface area contributed by atoms with E-state index in [-0.39, 0.29) is 5.54 Å². The first-order valence-electron chi connectivity index (χ1n) is 4.38. The van der Waals surface area contributed by atoms with Gasteiger partial charge in [0.2, 0.25) is 0 Å². The monoisotopic (exact) mass is 196 g/mol. The third-order valence-electron chi connectivity index (χ3n) is 1.61. The summed E-state index contributed by atoms with van der Waals surface area (Å²) >= 11 is 1.69. The molecule has 72 valence electrons. The second kappa shape index (κ2) is 3.58. The van der Waals surface area contributed by atoms with Crippen LogP contribution in [0.3, 0.4) is 0 Å². The Bertz CT molecular complexity index is 299. The highest BCUT2D eigenvalue weighted by Gasteiger charge is 2.06. The van der Waals surface area contributed by atoms with Crippen molar-refractivity contribution in [1.82, 2.24) is 4.98 Å². The Kier molecular flexibility index (Phi) is 2.86. The number of aryl methyl sites for hydroxylation is 2. The summed E-state index contributed by atoms with van der Waals surface area (Å²) in [4.78, 5) is 10.1. The van der Waals surface area contributed by atoms with Gasteiger partial charge in [-0.15, -0.1) is 11.3 Å². The molecule has 0 aliphatic rings. The van der Waals surface area contributed by atoms with Crippen molar-refractivity contribution in [1.29, 1.82) is 0 Å². The smallest absolute Gasteiger partial charge is 0.134 e. The molecule has 0 N–H and O–H groups in total. The Morgan fingerprint density at radius 3 is 2.31 bits per heavy atom. The van der Waals surface area contributed by atoms with Gasteiger partial charge in [0.1, 0.15) is 5.01 Å². The maximum absolute atomic E-state index is 4.40. The molecule has 0 radical (unpaired) electrons. The molecule has 0 fully saturated rings. The molecule has 0 atom stereocenters. The van der Waals surface area contributed by atoms with Gasteiger partial charge < -0.3 is 0 Å². The Hall–Kier alpha value is -0.700. The molecule has 0 saturated carbocycles. The third kappa shape index (κ3) is 3.27. The van der Waals surface area contributed by atoms with Gasteiger partial charge in [-0.2, -0.15) is 0 Å². The van der Waals surface area contributed by atoms with Gasteiger partial charge in [0.05, 0.1) is 17.4 Å². The van der Waals surface area contributed by atoms with Gasteiger partial charge in [0, 0.05) is 4.88 Å². The normalized spacial score (nSPS) is 12.7. The van der Waals surface area contributed by atoms with E-state index in [1.807, 2.05) is 13.1 Å². The summed E-state index contributed by atoms with van der Waals surface area (Å²) in [6.45, 7) is 10.4. The van der Waals surface area contributed by atoms with Gasteiger partial charge in [-0.3, -0.25) is 4.99 Å². The number of rotatable bonds is 1. The molecule has 2 nitrogen and oxygen atoms in total. The van der Waals surface area contributed by atoms with E-state index in [2.05, 4.69) is 37.7 Å². The molecular formula is C10H16N2S. The van der Waals surface area contributed by atoms with Crippen molar-refractivity contribution >= 4 is 17.6 Å². The molecule has 0 spiro atoms. The molecule has 0 amide bonds. The first-order chi connectivity index (χ1) is 5.88. The van der Waals surface area contributed by atoms with Gasteiger partial charge in [-0.05, 0) is 34.6 Å². The predicted octanol–water partition coefficient (Wildman–Crippen LogP) is 2.98. The molecular weight excluding hydrogens is 180 g/mol. The Labute approximate surface area is 83.7 Å². The van der Waals surface area contributed by atoms with Crippen molar-refractivity contribution in [3.05, 3.63) is 15.6 Å². The summed E-state index contributed by atoms with van der Waals surface area (Å²) in [5, 5.41) is 1.00. The van der Waals surface area contributed by atoms with Crippen molar-refractivity contribution in [2.75, 3.05) is 0 Å². The van der Waals surface area contributed by atoms with Crippen molar-refractivity contribution in [3.8, 4) is 0 Å². The molecule has 0 aliphatic carbocycles. The largest absolute Gasteiger partial charge is 0.284 e. The molecule has 0 unspecified atom stereocenters. The van der Waals surface area contributed by atoms with Gasteiger partial charge in [-0.1, -0.05) is 0 Å². The van der Waals surface area contributed by atoms with E-state index >= 15 is 0 Å². The van der Waals surface area contributed by atoms with Crippen LogP contribution in [0.15, 0.2) is 4.99 Å². The van der Waals surface area contributed by atoms with Crippen LogP contribution < -0.4 is 0 Å². The molecule has 1 aromatic heterocycles. The van der Waals surface area contributed by atoms with Crippen molar-refractivity contribution in [2.45, 2.75) is 40.2 Å². The number of nitrogens with zero attached hydrogens (tertiary/aromatic N) is 2. The van der Waals surface area contributed by atoms with Gasteiger partial charge in [0.25, 0.3) is 0 Å². The molecule has 1 heterocycles. The van der Waals surface area contributed by atoms with Crippen molar-refractivity contribution in [3.63, 3.8) is 0 Å². The highest BCUT2D eigenvalue weighted by atomic mass is 32.1. The fourth-order valence-corrected chi connectivity index (χ4v) is 1.60. The lowest BCUT2D eigenvalue weighted by atomic mass is 10.1. The van der Waals surface area contributed by atoms with Crippen molar-refractivity contribution in [2.24, 2.45) is 4.99 Å². The molecule has 3 heteroatoms. The second-order valence-corrected chi connectivity index (χ2v) is 5.36. The average molecular weight is 196 g/mol.